The van der Waals surface area contributed by atoms with Gasteiger partial charge < -0.3 is 5.11 Å². The van der Waals surface area contributed by atoms with Crippen LogP contribution in [0.1, 0.15) is 10.4 Å². The second kappa shape index (κ2) is 5.35. The zero-order chi connectivity index (χ0) is 14.8. The first-order valence-corrected chi connectivity index (χ1v) is 8.81. The lowest BCUT2D eigenvalue weighted by molar-refractivity contribution is 0.0698. The van der Waals surface area contributed by atoms with Crippen molar-refractivity contribution in [3.8, 4) is 0 Å². The Morgan fingerprint density at radius 2 is 1.89 bits per heavy atom. The first kappa shape index (κ1) is 15.7. The predicted octanol–water partition coefficient (Wildman–Crippen LogP) is 0.782. The van der Waals surface area contributed by atoms with Crippen molar-refractivity contribution >= 4 is 43.1 Å². The van der Waals surface area contributed by atoms with Crippen LogP contribution in [-0.4, -0.2) is 39.3 Å². The number of anilines is 1. The minimum Gasteiger partial charge on any atom is -0.478 e. The molecule has 0 saturated carbocycles. The van der Waals surface area contributed by atoms with E-state index in [-0.39, 0.29) is 16.3 Å². The van der Waals surface area contributed by atoms with Crippen molar-refractivity contribution < 1.29 is 26.7 Å². The lowest BCUT2D eigenvalue weighted by Crippen LogP contribution is -2.23. The molecule has 0 aromatic heterocycles. The summed E-state index contributed by atoms with van der Waals surface area (Å²) in [6.07, 6.45) is 0.747. The Kier molecular flexibility index (Phi) is 4.43. The molecule has 1 aromatic carbocycles. The lowest BCUT2D eigenvalue weighted by Gasteiger charge is -2.11. The molecule has 2 N–H and O–H groups in total. The topological polar surface area (TPSA) is 118 Å². The molecule has 19 heavy (non-hydrogen) atoms. The van der Waals surface area contributed by atoms with E-state index in [9.17, 15) is 21.6 Å². The van der Waals surface area contributed by atoms with Gasteiger partial charge in [-0.3, -0.25) is 4.72 Å². The van der Waals surface area contributed by atoms with Gasteiger partial charge in [0.25, 0.3) is 0 Å². The SMILES string of the molecule is CS(=O)(=O)CS(=O)(=O)Nc1c(Cl)cccc1C(=O)O. The van der Waals surface area contributed by atoms with Crippen molar-refractivity contribution in [3.05, 3.63) is 28.8 Å². The van der Waals surface area contributed by atoms with Gasteiger partial charge in [-0.25, -0.2) is 21.6 Å². The van der Waals surface area contributed by atoms with E-state index in [0.29, 0.717) is 0 Å². The Balaban J connectivity index is 3.23. The molecule has 0 saturated heterocycles. The van der Waals surface area contributed by atoms with Crippen molar-refractivity contribution in [2.75, 3.05) is 16.1 Å². The zero-order valence-electron chi connectivity index (χ0n) is 9.62. The number of hydrogen-bond acceptors (Lipinski definition) is 5. The number of rotatable bonds is 5. The summed E-state index contributed by atoms with van der Waals surface area (Å²) in [4.78, 5) is 10.9. The van der Waals surface area contributed by atoms with Crippen molar-refractivity contribution in [1.82, 2.24) is 0 Å². The van der Waals surface area contributed by atoms with E-state index >= 15 is 0 Å². The minimum absolute atomic E-state index is 0.142. The largest absolute Gasteiger partial charge is 0.478 e. The third kappa shape index (κ3) is 4.69. The molecule has 0 amide bonds. The van der Waals surface area contributed by atoms with Crippen molar-refractivity contribution in [2.24, 2.45) is 0 Å². The van der Waals surface area contributed by atoms with E-state index in [4.69, 9.17) is 16.7 Å². The number of sulfonamides is 1. The molecule has 106 valence electrons. The molecule has 0 fully saturated rings. The van der Waals surface area contributed by atoms with Gasteiger partial charge in [0, 0.05) is 6.26 Å². The molecule has 0 radical (unpaired) electrons. The average molecular weight is 328 g/mol. The first-order valence-electron chi connectivity index (χ1n) is 4.72. The molecule has 0 aliphatic rings. The van der Waals surface area contributed by atoms with Crippen LogP contribution in [0.2, 0.25) is 5.02 Å². The summed E-state index contributed by atoms with van der Waals surface area (Å²) < 4.78 is 47.0. The molecule has 0 aliphatic carbocycles. The van der Waals surface area contributed by atoms with Gasteiger partial charge >= 0.3 is 5.97 Å². The van der Waals surface area contributed by atoms with Crippen LogP contribution in [0, 0.1) is 0 Å². The molecule has 0 spiro atoms. The van der Waals surface area contributed by atoms with E-state index in [2.05, 4.69) is 0 Å². The third-order valence-corrected chi connectivity index (χ3v) is 5.65. The minimum atomic E-state index is -4.26. The molecule has 7 nitrogen and oxygen atoms in total. The van der Waals surface area contributed by atoms with E-state index in [0.717, 1.165) is 12.3 Å². The van der Waals surface area contributed by atoms with Crippen molar-refractivity contribution in [3.63, 3.8) is 0 Å². The molecule has 0 unspecified atom stereocenters. The summed E-state index contributed by atoms with van der Waals surface area (Å²) in [5.41, 5.74) is -0.732. The summed E-state index contributed by atoms with van der Waals surface area (Å²) in [6.45, 7) is 0. The van der Waals surface area contributed by atoms with Crippen LogP contribution in [0.25, 0.3) is 0 Å². The predicted molar refractivity (Wildman–Crippen MR) is 70.7 cm³/mol. The van der Waals surface area contributed by atoms with Gasteiger partial charge in [0.05, 0.1) is 16.3 Å². The Hall–Kier alpha value is -1.32. The molecule has 1 aromatic rings. The molecular formula is C9H10ClNO6S2. The van der Waals surface area contributed by atoms with Gasteiger partial charge in [-0.2, -0.15) is 0 Å². The molecular weight excluding hydrogens is 318 g/mol. The van der Waals surface area contributed by atoms with Gasteiger partial charge in [0.1, 0.15) is 0 Å². The molecule has 10 heteroatoms. The first-order chi connectivity index (χ1) is 8.52. The van der Waals surface area contributed by atoms with Gasteiger partial charge in [-0.05, 0) is 12.1 Å². The van der Waals surface area contributed by atoms with Crippen LogP contribution < -0.4 is 4.72 Å². The van der Waals surface area contributed by atoms with E-state index < -0.39 is 30.9 Å². The fourth-order valence-corrected chi connectivity index (χ4v) is 4.57. The second-order valence-electron chi connectivity index (χ2n) is 3.73. The van der Waals surface area contributed by atoms with Crippen LogP contribution in [0.3, 0.4) is 0 Å². The molecule has 0 atom stereocenters. The number of carboxylic acids is 1. The number of hydrogen-bond donors (Lipinski definition) is 2. The van der Waals surface area contributed by atoms with Gasteiger partial charge in [0.15, 0.2) is 14.9 Å². The molecule has 0 aliphatic heterocycles. The summed E-state index contributed by atoms with van der Waals surface area (Å²) in [7, 11) is -8.05. The fourth-order valence-electron chi connectivity index (χ4n) is 1.27. The highest BCUT2D eigenvalue weighted by molar-refractivity contribution is 8.08. The van der Waals surface area contributed by atoms with Crippen molar-refractivity contribution in [1.29, 1.82) is 0 Å². The summed E-state index contributed by atoms with van der Waals surface area (Å²) >= 11 is 5.71. The van der Waals surface area contributed by atoms with Crippen LogP contribution >= 0.6 is 11.6 Å². The number of carboxylic acid groups (broad SMARTS) is 1. The number of nitrogens with one attached hydrogen (secondary N) is 1. The Morgan fingerprint density at radius 3 is 2.37 bits per heavy atom. The number of halogens is 1. The summed E-state index contributed by atoms with van der Waals surface area (Å²) in [5, 5.41) is 7.60. The van der Waals surface area contributed by atoms with E-state index in [1.807, 2.05) is 4.72 Å². The Morgan fingerprint density at radius 1 is 1.32 bits per heavy atom. The van der Waals surface area contributed by atoms with Crippen molar-refractivity contribution in [2.45, 2.75) is 0 Å². The lowest BCUT2D eigenvalue weighted by atomic mass is 10.2. The number of sulfone groups is 1. The quantitative estimate of drug-likeness (QED) is 0.825. The van der Waals surface area contributed by atoms with Gasteiger partial charge in [0.2, 0.25) is 10.0 Å². The van der Waals surface area contributed by atoms with Crippen LogP contribution in [0.5, 0.6) is 0 Å². The number of carbonyl (C=O) groups is 1. The highest BCUT2D eigenvalue weighted by Gasteiger charge is 2.22. The fraction of sp³-hybridized carbons (Fsp3) is 0.222. The molecule has 0 bridgehead atoms. The second-order valence-corrected chi connectivity index (χ2v) is 8.36. The standard InChI is InChI=1S/C9H10ClNO6S2/c1-18(14,15)5-19(16,17)11-8-6(9(12)13)3-2-4-7(8)10/h2-4,11H,5H2,1H3,(H,12,13). The van der Waals surface area contributed by atoms with Crippen LogP contribution in [-0.2, 0) is 19.9 Å². The van der Waals surface area contributed by atoms with E-state index in [1.165, 1.54) is 12.1 Å². The Labute approximate surface area is 115 Å². The average Bonchev–Trinajstić information content (AvgIpc) is 2.16. The molecule has 1 rings (SSSR count). The van der Waals surface area contributed by atoms with Gasteiger partial charge in [-0.15, -0.1) is 0 Å². The normalized spacial score (nSPS) is 12.1. The highest BCUT2D eigenvalue weighted by Crippen LogP contribution is 2.27. The maximum atomic E-state index is 11.6. The number of aromatic carboxylic acids is 1. The maximum absolute atomic E-state index is 11.6. The van der Waals surface area contributed by atoms with Gasteiger partial charge in [-0.1, -0.05) is 17.7 Å². The number of para-hydroxylation sites is 1. The molecule has 0 heterocycles. The highest BCUT2D eigenvalue weighted by atomic mass is 35.5. The monoisotopic (exact) mass is 327 g/mol. The smallest absolute Gasteiger partial charge is 0.337 e. The third-order valence-electron chi connectivity index (χ3n) is 1.87. The van der Waals surface area contributed by atoms with Crippen LogP contribution in [0.4, 0.5) is 5.69 Å². The van der Waals surface area contributed by atoms with Crippen LogP contribution in [0.15, 0.2) is 18.2 Å². The summed E-state index contributed by atoms with van der Waals surface area (Å²) in [5.74, 6) is -1.39. The zero-order valence-corrected chi connectivity index (χ0v) is 12.0. The van der Waals surface area contributed by atoms with E-state index in [1.54, 1.807) is 0 Å². The summed E-state index contributed by atoms with van der Waals surface area (Å²) in [6, 6.07) is 3.76. The Bertz CT molecular complexity index is 710. The maximum Gasteiger partial charge on any atom is 0.337 e. The number of benzene rings is 1.